The van der Waals surface area contributed by atoms with Crippen LogP contribution >= 0.6 is 11.6 Å². The second-order valence-corrected chi connectivity index (χ2v) is 5.97. The lowest BCUT2D eigenvalue weighted by atomic mass is 10.2. The fraction of sp³-hybridized carbons (Fsp3) is 0.294. The van der Waals surface area contributed by atoms with Gasteiger partial charge >= 0.3 is 6.03 Å². The maximum absolute atomic E-state index is 12.9. The first-order chi connectivity index (χ1) is 11.6. The van der Waals surface area contributed by atoms with Crippen LogP contribution in [0.2, 0.25) is 5.02 Å². The number of nitrogens with one attached hydrogen (secondary N) is 1. The van der Waals surface area contributed by atoms with Crippen LogP contribution in [0.25, 0.3) is 0 Å². The Hall–Kier alpha value is -2.34. The van der Waals surface area contributed by atoms with Crippen molar-refractivity contribution in [1.82, 2.24) is 15.2 Å². The number of hydrogen-bond acceptors (Lipinski definition) is 3. The number of rotatable bonds is 4. The van der Waals surface area contributed by atoms with Gasteiger partial charge in [-0.1, -0.05) is 23.7 Å². The van der Waals surface area contributed by atoms with E-state index in [-0.39, 0.29) is 18.0 Å². The van der Waals surface area contributed by atoms with Crippen LogP contribution in [0.15, 0.2) is 42.7 Å². The number of benzene rings is 1. The van der Waals surface area contributed by atoms with Gasteiger partial charge < -0.3 is 15.0 Å². The van der Waals surface area contributed by atoms with Gasteiger partial charge in [0.05, 0.1) is 6.54 Å². The Bertz CT molecular complexity index is 711. The first-order valence-electron chi connectivity index (χ1n) is 7.65. The van der Waals surface area contributed by atoms with Crippen molar-refractivity contribution < 1.29 is 13.9 Å². The lowest BCUT2D eigenvalue weighted by molar-refractivity contribution is 0.186. The first kappa shape index (κ1) is 16.5. The second-order valence-electron chi connectivity index (χ2n) is 5.57. The highest BCUT2D eigenvalue weighted by Gasteiger charge is 2.27. The molecule has 5 nitrogen and oxygen atoms in total. The Morgan fingerprint density at radius 2 is 2.17 bits per heavy atom. The van der Waals surface area contributed by atoms with Crippen molar-refractivity contribution >= 4 is 17.6 Å². The Morgan fingerprint density at radius 3 is 2.92 bits per heavy atom. The van der Waals surface area contributed by atoms with Crippen molar-refractivity contribution in [3.8, 4) is 5.75 Å². The molecule has 1 N–H and O–H groups in total. The molecule has 126 valence electrons. The third kappa shape index (κ3) is 4.14. The SMILES string of the molecule is O=C(NCc1ccc(F)cc1)N1CC[C@@H](Oc2ccncc2Cl)C1. The highest BCUT2D eigenvalue weighted by molar-refractivity contribution is 6.31. The number of carbonyl (C=O) groups excluding carboxylic acids is 1. The number of aromatic nitrogens is 1. The fourth-order valence-electron chi connectivity index (χ4n) is 2.54. The summed E-state index contributed by atoms with van der Waals surface area (Å²) in [6, 6.07) is 7.60. The lowest BCUT2D eigenvalue weighted by Gasteiger charge is -2.18. The molecule has 1 atom stereocenters. The average Bonchev–Trinajstić information content (AvgIpc) is 3.05. The maximum Gasteiger partial charge on any atom is 0.317 e. The van der Waals surface area contributed by atoms with Crippen molar-refractivity contribution in [3.05, 3.63) is 59.1 Å². The van der Waals surface area contributed by atoms with Gasteiger partial charge in [0.2, 0.25) is 0 Å². The number of ether oxygens (including phenoxy) is 1. The molecule has 2 aromatic rings. The summed E-state index contributed by atoms with van der Waals surface area (Å²) in [5, 5.41) is 3.28. The Labute approximate surface area is 144 Å². The Balaban J connectivity index is 1.49. The average molecular weight is 350 g/mol. The summed E-state index contributed by atoms with van der Waals surface area (Å²) in [6.07, 6.45) is 3.78. The molecule has 3 rings (SSSR count). The van der Waals surface area contributed by atoms with E-state index >= 15 is 0 Å². The summed E-state index contributed by atoms with van der Waals surface area (Å²) in [5.41, 5.74) is 0.848. The van der Waals surface area contributed by atoms with E-state index in [2.05, 4.69) is 10.3 Å². The number of pyridine rings is 1. The van der Waals surface area contributed by atoms with Gasteiger partial charge in [-0.2, -0.15) is 0 Å². The number of likely N-dealkylation sites (tertiary alicyclic amines) is 1. The zero-order valence-corrected chi connectivity index (χ0v) is 13.7. The molecule has 0 unspecified atom stereocenters. The summed E-state index contributed by atoms with van der Waals surface area (Å²) in [5.74, 6) is 0.282. The van der Waals surface area contributed by atoms with Gasteiger partial charge in [-0.25, -0.2) is 9.18 Å². The minimum Gasteiger partial charge on any atom is -0.487 e. The molecule has 0 saturated carbocycles. The minimum absolute atomic E-state index is 0.0959. The Kier molecular flexibility index (Phi) is 5.15. The molecule has 0 bridgehead atoms. The summed E-state index contributed by atoms with van der Waals surface area (Å²) in [4.78, 5) is 17.8. The molecule has 0 spiro atoms. The Morgan fingerprint density at radius 1 is 1.38 bits per heavy atom. The smallest absolute Gasteiger partial charge is 0.317 e. The monoisotopic (exact) mass is 349 g/mol. The lowest BCUT2D eigenvalue weighted by Crippen LogP contribution is -2.39. The van der Waals surface area contributed by atoms with Crippen molar-refractivity contribution in [2.45, 2.75) is 19.1 Å². The van der Waals surface area contributed by atoms with E-state index in [1.807, 2.05) is 0 Å². The van der Waals surface area contributed by atoms with E-state index in [1.54, 1.807) is 29.3 Å². The molecule has 1 aliphatic rings. The highest BCUT2D eigenvalue weighted by Crippen LogP contribution is 2.25. The summed E-state index contributed by atoms with van der Waals surface area (Å²) >= 11 is 6.02. The van der Waals surface area contributed by atoms with E-state index in [0.717, 1.165) is 12.0 Å². The van der Waals surface area contributed by atoms with E-state index in [1.165, 1.54) is 18.3 Å². The van der Waals surface area contributed by atoms with Crippen LogP contribution in [-0.4, -0.2) is 35.1 Å². The number of amides is 2. The zero-order chi connectivity index (χ0) is 16.9. The van der Waals surface area contributed by atoms with Crippen LogP contribution in [-0.2, 0) is 6.54 Å². The normalized spacial score (nSPS) is 16.9. The third-order valence-electron chi connectivity index (χ3n) is 3.82. The number of halogens is 2. The van der Waals surface area contributed by atoms with E-state index in [4.69, 9.17) is 16.3 Å². The van der Waals surface area contributed by atoms with Gasteiger partial charge in [0.1, 0.15) is 22.7 Å². The van der Waals surface area contributed by atoms with E-state index in [9.17, 15) is 9.18 Å². The maximum atomic E-state index is 12.9. The highest BCUT2D eigenvalue weighted by atomic mass is 35.5. The molecular weight excluding hydrogens is 333 g/mol. The molecule has 1 fully saturated rings. The van der Waals surface area contributed by atoms with Gasteiger partial charge in [0, 0.05) is 38.0 Å². The number of carbonyl (C=O) groups is 1. The van der Waals surface area contributed by atoms with Crippen LogP contribution in [0.5, 0.6) is 5.75 Å². The van der Waals surface area contributed by atoms with Crippen LogP contribution in [0.4, 0.5) is 9.18 Å². The predicted molar refractivity (Wildman–Crippen MR) is 88.5 cm³/mol. The largest absolute Gasteiger partial charge is 0.487 e. The summed E-state index contributed by atoms with van der Waals surface area (Å²) < 4.78 is 18.7. The van der Waals surface area contributed by atoms with Gasteiger partial charge in [-0.05, 0) is 17.7 Å². The summed E-state index contributed by atoms with van der Waals surface area (Å²) in [7, 11) is 0. The predicted octanol–water partition coefficient (Wildman–Crippen LogP) is 3.24. The number of nitrogens with zero attached hydrogens (tertiary/aromatic N) is 2. The molecule has 1 aromatic carbocycles. The van der Waals surface area contributed by atoms with Gasteiger partial charge in [-0.3, -0.25) is 4.98 Å². The number of hydrogen-bond donors (Lipinski definition) is 1. The molecule has 1 aliphatic heterocycles. The molecule has 0 radical (unpaired) electrons. The van der Waals surface area contributed by atoms with Crippen molar-refractivity contribution in [2.24, 2.45) is 0 Å². The molecule has 1 saturated heterocycles. The van der Waals surface area contributed by atoms with Crippen LogP contribution in [0.3, 0.4) is 0 Å². The van der Waals surface area contributed by atoms with Crippen LogP contribution < -0.4 is 10.1 Å². The van der Waals surface area contributed by atoms with Crippen LogP contribution in [0, 0.1) is 5.82 Å². The molecular formula is C17H17ClFN3O2. The van der Waals surface area contributed by atoms with Crippen LogP contribution in [0.1, 0.15) is 12.0 Å². The minimum atomic E-state index is -0.292. The molecule has 2 amide bonds. The standard InChI is InChI=1S/C17H17ClFN3O2/c18-15-10-20-7-5-16(15)24-14-6-8-22(11-14)17(23)21-9-12-1-3-13(19)4-2-12/h1-5,7,10,14H,6,8-9,11H2,(H,21,23)/t14-/m1/s1. The quantitative estimate of drug-likeness (QED) is 0.922. The van der Waals surface area contributed by atoms with Gasteiger partial charge in [-0.15, -0.1) is 0 Å². The zero-order valence-electron chi connectivity index (χ0n) is 12.9. The number of urea groups is 1. The van der Waals surface area contributed by atoms with Crippen molar-refractivity contribution in [3.63, 3.8) is 0 Å². The van der Waals surface area contributed by atoms with E-state index in [0.29, 0.717) is 30.4 Å². The molecule has 1 aromatic heterocycles. The molecule has 7 heteroatoms. The molecule has 2 heterocycles. The molecule has 0 aliphatic carbocycles. The fourth-order valence-corrected chi connectivity index (χ4v) is 2.70. The second kappa shape index (κ2) is 7.49. The third-order valence-corrected chi connectivity index (χ3v) is 4.10. The summed E-state index contributed by atoms with van der Waals surface area (Å²) in [6.45, 7) is 1.47. The topological polar surface area (TPSA) is 54.5 Å². The van der Waals surface area contributed by atoms with Crippen molar-refractivity contribution in [2.75, 3.05) is 13.1 Å². The van der Waals surface area contributed by atoms with E-state index < -0.39 is 0 Å². The van der Waals surface area contributed by atoms with Gasteiger partial charge in [0.25, 0.3) is 0 Å². The van der Waals surface area contributed by atoms with Gasteiger partial charge in [0.15, 0.2) is 0 Å². The first-order valence-corrected chi connectivity index (χ1v) is 8.03. The van der Waals surface area contributed by atoms with Crippen molar-refractivity contribution in [1.29, 1.82) is 0 Å². The molecule has 24 heavy (non-hydrogen) atoms.